The van der Waals surface area contributed by atoms with Gasteiger partial charge in [-0.15, -0.1) is 11.8 Å². The zero-order chi connectivity index (χ0) is 21.1. The molecule has 0 saturated carbocycles. The largest absolute Gasteiger partial charge is 0.455 e. The van der Waals surface area contributed by atoms with Gasteiger partial charge in [-0.2, -0.15) is 4.98 Å². The maximum Gasteiger partial charge on any atom is 0.293 e. The molecule has 2 aromatic carbocycles. The Morgan fingerprint density at radius 2 is 1.80 bits per heavy atom. The van der Waals surface area contributed by atoms with E-state index in [4.69, 9.17) is 8.94 Å². The Kier molecular flexibility index (Phi) is 5.78. The molecule has 0 aliphatic carbocycles. The Labute approximate surface area is 179 Å². The lowest BCUT2D eigenvalue weighted by molar-refractivity contribution is 0.413. The molecule has 0 aliphatic rings. The van der Waals surface area contributed by atoms with Gasteiger partial charge in [0.25, 0.3) is 5.89 Å². The van der Waals surface area contributed by atoms with E-state index < -0.39 is 9.84 Å². The van der Waals surface area contributed by atoms with Crippen molar-refractivity contribution in [3.05, 3.63) is 77.6 Å². The van der Waals surface area contributed by atoms with Crippen LogP contribution in [-0.4, -0.2) is 24.8 Å². The van der Waals surface area contributed by atoms with Crippen LogP contribution >= 0.6 is 11.8 Å². The minimum Gasteiger partial charge on any atom is -0.455 e. The Morgan fingerprint density at radius 1 is 1.00 bits per heavy atom. The maximum absolute atomic E-state index is 12.6. The summed E-state index contributed by atoms with van der Waals surface area (Å²) in [6, 6.07) is 18.6. The van der Waals surface area contributed by atoms with E-state index in [1.165, 1.54) is 0 Å². The van der Waals surface area contributed by atoms with Crippen molar-refractivity contribution in [3.8, 4) is 23.0 Å². The van der Waals surface area contributed by atoms with E-state index in [-0.39, 0.29) is 17.4 Å². The highest BCUT2D eigenvalue weighted by molar-refractivity contribution is 7.98. The fourth-order valence-electron chi connectivity index (χ4n) is 3.07. The average Bonchev–Trinajstić information content (AvgIpc) is 3.37. The number of furan rings is 1. The summed E-state index contributed by atoms with van der Waals surface area (Å²) < 4.78 is 36.1. The number of rotatable bonds is 7. The predicted molar refractivity (Wildman–Crippen MR) is 117 cm³/mol. The predicted octanol–water partition coefficient (Wildman–Crippen LogP) is 5.14. The minimum absolute atomic E-state index is 0.0402. The fraction of sp³-hybridized carbons (Fsp3) is 0.182. The van der Waals surface area contributed by atoms with Gasteiger partial charge in [0.2, 0.25) is 5.82 Å². The molecule has 6 nitrogen and oxygen atoms in total. The Hall–Kier alpha value is -2.84. The van der Waals surface area contributed by atoms with Crippen LogP contribution in [0.2, 0.25) is 0 Å². The van der Waals surface area contributed by atoms with Crippen molar-refractivity contribution < 1.29 is 17.4 Å². The van der Waals surface area contributed by atoms with Crippen molar-refractivity contribution in [2.45, 2.75) is 23.3 Å². The van der Waals surface area contributed by atoms with Crippen LogP contribution < -0.4 is 0 Å². The third-order valence-electron chi connectivity index (χ3n) is 4.48. The SMILES string of the molecule is CSc1ccc(-c2noc(-c3ccc(CS(=O)(=O)Cc4cccc(C)c4)o3)n2)cc1. The van der Waals surface area contributed by atoms with Gasteiger partial charge in [-0.25, -0.2) is 8.42 Å². The van der Waals surface area contributed by atoms with Gasteiger partial charge in [0.05, 0.1) is 5.75 Å². The molecule has 0 atom stereocenters. The van der Waals surface area contributed by atoms with E-state index in [0.717, 1.165) is 21.6 Å². The van der Waals surface area contributed by atoms with Crippen LogP contribution in [0.1, 0.15) is 16.9 Å². The van der Waals surface area contributed by atoms with E-state index in [1.54, 1.807) is 23.9 Å². The third kappa shape index (κ3) is 4.83. The molecule has 2 aromatic heterocycles. The van der Waals surface area contributed by atoms with E-state index in [2.05, 4.69) is 10.1 Å². The first-order valence-electron chi connectivity index (χ1n) is 9.25. The molecular weight excluding hydrogens is 420 g/mol. The summed E-state index contributed by atoms with van der Waals surface area (Å²) in [5, 5.41) is 4.00. The molecule has 0 radical (unpaired) electrons. The molecule has 4 rings (SSSR count). The Bertz CT molecular complexity index is 1260. The van der Waals surface area contributed by atoms with Crippen molar-refractivity contribution in [2.75, 3.05) is 6.26 Å². The third-order valence-corrected chi connectivity index (χ3v) is 6.72. The molecule has 2 heterocycles. The van der Waals surface area contributed by atoms with Crippen LogP contribution in [0.4, 0.5) is 0 Å². The van der Waals surface area contributed by atoms with Crippen molar-refractivity contribution in [1.29, 1.82) is 0 Å². The topological polar surface area (TPSA) is 86.2 Å². The molecule has 0 amide bonds. The maximum atomic E-state index is 12.6. The zero-order valence-electron chi connectivity index (χ0n) is 16.5. The second-order valence-corrected chi connectivity index (χ2v) is 9.88. The van der Waals surface area contributed by atoms with Gasteiger partial charge in [0.15, 0.2) is 15.6 Å². The molecule has 0 fully saturated rings. The first-order chi connectivity index (χ1) is 14.4. The highest BCUT2D eigenvalue weighted by Crippen LogP contribution is 2.26. The van der Waals surface area contributed by atoms with Gasteiger partial charge in [0.1, 0.15) is 11.5 Å². The normalized spacial score (nSPS) is 11.7. The fourth-order valence-corrected chi connectivity index (χ4v) is 4.86. The summed E-state index contributed by atoms with van der Waals surface area (Å²) >= 11 is 1.65. The number of aryl methyl sites for hydroxylation is 1. The molecule has 154 valence electrons. The lowest BCUT2D eigenvalue weighted by Gasteiger charge is -2.04. The Morgan fingerprint density at radius 3 is 2.53 bits per heavy atom. The lowest BCUT2D eigenvalue weighted by Crippen LogP contribution is -2.07. The molecule has 0 N–H and O–H groups in total. The Balaban J connectivity index is 1.48. The highest BCUT2D eigenvalue weighted by Gasteiger charge is 2.19. The molecule has 0 bridgehead atoms. The lowest BCUT2D eigenvalue weighted by atomic mass is 10.2. The summed E-state index contributed by atoms with van der Waals surface area (Å²) in [5.41, 5.74) is 2.62. The summed E-state index contributed by atoms with van der Waals surface area (Å²) in [7, 11) is -3.38. The summed E-state index contributed by atoms with van der Waals surface area (Å²) in [6.07, 6.45) is 2.01. The summed E-state index contributed by atoms with van der Waals surface area (Å²) in [5.74, 6) is 1.10. The molecule has 0 aliphatic heterocycles. The number of sulfone groups is 1. The molecule has 0 spiro atoms. The van der Waals surface area contributed by atoms with Crippen molar-refractivity contribution >= 4 is 21.6 Å². The van der Waals surface area contributed by atoms with Crippen molar-refractivity contribution in [1.82, 2.24) is 10.1 Å². The number of aromatic nitrogens is 2. The zero-order valence-corrected chi connectivity index (χ0v) is 18.2. The van der Waals surface area contributed by atoms with Gasteiger partial charge in [-0.3, -0.25) is 0 Å². The van der Waals surface area contributed by atoms with E-state index in [1.807, 2.05) is 61.7 Å². The number of hydrogen-bond acceptors (Lipinski definition) is 7. The second-order valence-electron chi connectivity index (χ2n) is 6.94. The van der Waals surface area contributed by atoms with Crippen LogP contribution in [0.15, 0.2) is 74.5 Å². The van der Waals surface area contributed by atoms with E-state index in [0.29, 0.717) is 17.3 Å². The molecule has 0 unspecified atom stereocenters. The summed E-state index contributed by atoms with van der Waals surface area (Å²) in [6.45, 7) is 1.94. The summed E-state index contributed by atoms with van der Waals surface area (Å²) in [4.78, 5) is 5.51. The molecule has 4 aromatic rings. The van der Waals surface area contributed by atoms with Crippen LogP contribution in [0.3, 0.4) is 0 Å². The van der Waals surface area contributed by atoms with Crippen LogP contribution in [0.5, 0.6) is 0 Å². The number of benzene rings is 2. The molecule has 30 heavy (non-hydrogen) atoms. The van der Waals surface area contributed by atoms with E-state index in [9.17, 15) is 8.42 Å². The number of hydrogen-bond donors (Lipinski definition) is 0. The first-order valence-corrected chi connectivity index (χ1v) is 12.3. The second kappa shape index (κ2) is 8.49. The van der Waals surface area contributed by atoms with Crippen LogP contribution in [0.25, 0.3) is 23.0 Å². The molecular formula is C22H20N2O4S2. The average molecular weight is 441 g/mol. The molecule has 0 saturated heterocycles. The number of nitrogens with zero attached hydrogens (tertiary/aromatic N) is 2. The monoisotopic (exact) mass is 440 g/mol. The van der Waals surface area contributed by atoms with Gasteiger partial charge in [-0.1, -0.05) is 35.0 Å². The highest BCUT2D eigenvalue weighted by atomic mass is 32.2. The standard InChI is InChI=1S/C22H20N2O4S2/c1-15-4-3-5-16(12-15)13-30(25,26)14-18-8-11-20(27-18)22-23-21(24-28-22)17-6-9-19(29-2)10-7-17/h3-12H,13-14H2,1-2H3. The first kappa shape index (κ1) is 20.4. The van der Waals surface area contributed by atoms with Crippen LogP contribution in [-0.2, 0) is 21.3 Å². The van der Waals surface area contributed by atoms with E-state index >= 15 is 0 Å². The molecule has 8 heteroatoms. The number of thioether (sulfide) groups is 1. The van der Waals surface area contributed by atoms with Gasteiger partial charge in [0, 0.05) is 10.5 Å². The van der Waals surface area contributed by atoms with Gasteiger partial charge < -0.3 is 8.94 Å². The van der Waals surface area contributed by atoms with Crippen molar-refractivity contribution in [2.24, 2.45) is 0 Å². The van der Waals surface area contributed by atoms with Crippen LogP contribution in [0, 0.1) is 6.92 Å². The smallest absolute Gasteiger partial charge is 0.293 e. The quantitative estimate of drug-likeness (QED) is 0.368. The minimum atomic E-state index is -3.38. The van der Waals surface area contributed by atoms with Gasteiger partial charge in [-0.05, 0) is 55.1 Å². The van der Waals surface area contributed by atoms with Crippen molar-refractivity contribution in [3.63, 3.8) is 0 Å². The van der Waals surface area contributed by atoms with Gasteiger partial charge >= 0.3 is 0 Å².